The van der Waals surface area contributed by atoms with E-state index in [1.807, 2.05) is 43.7 Å². The summed E-state index contributed by atoms with van der Waals surface area (Å²) >= 11 is 1.66. The van der Waals surface area contributed by atoms with Gasteiger partial charge in [0.25, 0.3) is 0 Å². The van der Waals surface area contributed by atoms with Gasteiger partial charge in [-0.05, 0) is 31.2 Å². The molecule has 0 fully saturated rings. The summed E-state index contributed by atoms with van der Waals surface area (Å²) in [7, 11) is 2.03. The summed E-state index contributed by atoms with van der Waals surface area (Å²) in [4.78, 5) is 7.63. The molecule has 1 aromatic heterocycles. The maximum atomic E-state index is 8.62. The average Bonchev–Trinajstić information content (AvgIpc) is 2.83. The molecule has 0 spiro atoms. The van der Waals surface area contributed by atoms with Gasteiger partial charge < -0.3 is 15.8 Å². The van der Waals surface area contributed by atoms with Crippen LogP contribution in [0, 0.1) is 6.92 Å². The Morgan fingerprint density at radius 1 is 1.42 bits per heavy atom. The number of aryl methyl sites for hydroxylation is 1. The lowest BCUT2D eigenvalue weighted by molar-refractivity contribution is 0.318. The van der Waals surface area contributed by atoms with Crippen molar-refractivity contribution in [1.29, 1.82) is 0 Å². The van der Waals surface area contributed by atoms with Gasteiger partial charge in [-0.3, -0.25) is 0 Å². The SMILES string of the molecule is Cc1ncsc1CN(C)c1ccc(C(N)=NO)cc1. The topological polar surface area (TPSA) is 74.7 Å². The van der Waals surface area contributed by atoms with E-state index in [-0.39, 0.29) is 5.84 Å². The Bertz CT molecular complexity index is 577. The van der Waals surface area contributed by atoms with Gasteiger partial charge in [0.1, 0.15) is 0 Å². The van der Waals surface area contributed by atoms with E-state index in [2.05, 4.69) is 15.0 Å². The third-order valence-corrected chi connectivity index (χ3v) is 3.86. The van der Waals surface area contributed by atoms with Crippen molar-refractivity contribution < 1.29 is 5.21 Å². The second kappa shape index (κ2) is 5.71. The molecule has 1 aromatic carbocycles. The molecule has 0 aliphatic heterocycles. The molecular weight excluding hydrogens is 260 g/mol. The van der Waals surface area contributed by atoms with Crippen LogP contribution in [0.1, 0.15) is 16.1 Å². The number of oxime groups is 1. The number of amidine groups is 1. The fourth-order valence-corrected chi connectivity index (χ4v) is 2.56. The monoisotopic (exact) mass is 276 g/mol. The summed E-state index contributed by atoms with van der Waals surface area (Å²) in [5.41, 5.74) is 10.2. The number of rotatable bonds is 4. The summed E-state index contributed by atoms with van der Waals surface area (Å²) in [6, 6.07) is 7.56. The molecule has 0 saturated carbocycles. The first-order chi connectivity index (χ1) is 9.11. The minimum atomic E-state index is 0.118. The van der Waals surface area contributed by atoms with Crippen LogP contribution in [-0.4, -0.2) is 23.1 Å². The van der Waals surface area contributed by atoms with E-state index in [1.165, 1.54) is 4.88 Å². The molecule has 0 bridgehead atoms. The first kappa shape index (κ1) is 13.4. The summed E-state index contributed by atoms with van der Waals surface area (Å²) < 4.78 is 0. The lowest BCUT2D eigenvalue weighted by atomic mass is 10.2. The third-order valence-electron chi connectivity index (χ3n) is 2.94. The highest BCUT2D eigenvalue weighted by molar-refractivity contribution is 7.09. The molecule has 0 aliphatic carbocycles. The van der Waals surface area contributed by atoms with E-state index >= 15 is 0 Å². The van der Waals surface area contributed by atoms with Crippen LogP contribution in [-0.2, 0) is 6.54 Å². The van der Waals surface area contributed by atoms with E-state index in [0.717, 1.165) is 17.9 Å². The molecule has 2 aromatic rings. The molecule has 0 unspecified atom stereocenters. The van der Waals surface area contributed by atoms with Crippen molar-refractivity contribution >= 4 is 22.9 Å². The smallest absolute Gasteiger partial charge is 0.170 e. The Morgan fingerprint density at radius 3 is 2.63 bits per heavy atom. The van der Waals surface area contributed by atoms with Crippen molar-refractivity contribution in [2.24, 2.45) is 10.9 Å². The summed E-state index contributed by atoms with van der Waals surface area (Å²) in [5, 5.41) is 11.6. The van der Waals surface area contributed by atoms with E-state index in [0.29, 0.717) is 5.56 Å². The van der Waals surface area contributed by atoms with Crippen LogP contribution in [0.2, 0.25) is 0 Å². The Labute approximate surface area is 116 Å². The normalized spacial score (nSPS) is 11.6. The molecule has 2 rings (SSSR count). The number of aromatic nitrogens is 1. The van der Waals surface area contributed by atoms with Gasteiger partial charge in [-0.25, -0.2) is 4.98 Å². The predicted octanol–water partition coefficient (Wildman–Crippen LogP) is 2.18. The first-order valence-corrected chi connectivity index (χ1v) is 6.68. The Morgan fingerprint density at radius 2 is 2.11 bits per heavy atom. The van der Waals surface area contributed by atoms with Crippen molar-refractivity contribution in [3.05, 3.63) is 45.9 Å². The number of nitrogens with zero attached hydrogens (tertiary/aromatic N) is 3. The molecular formula is C13H16N4OS. The summed E-state index contributed by atoms with van der Waals surface area (Å²) in [5.74, 6) is 0.118. The van der Waals surface area contributed by atoms with Crippen LogP contribution < -0.4 is 10.6 Å². The van der Waals surface area contributed by atoms with E-state index in [1.54, 1.807) is 11.3 Å². The summed E-state index contributed by atoms with van der Waals surface area (Å²) in [6.07, 6.45) is 0. The zero-order valence-corrected chi connectivity index (χ0v) is 11.7. The van der Waals surface area contributed by atoms with Gasteiger partial charge in [-0.15, -0.1) is 11.3 Å². The van der Waals surface area contributed by atoms with Crippen LogP contribution in [0.25, 0.3) is 0 Å². The highest BCUT2D eigenvalue weighted by Gasteiger charge is 2.07. The molecule has 0 atom stereocenters. The van der Waals surface area contributed by atoms with E-state index in [4.69, 9.17) is 10.9 Å². The maximum Gasteiger partial charge on any atom is 0.170 e. The number of anilines is 1. The zero-order valence-electron chi connectivity index (χ0n) is 10.9. The first-order valence-electron chi connectivity index (χ1n) is 5.80. The molecule has 6 heteroatoms. The van der Waals surface area contributed by atoms with Crippen molar-refractivity contribution in [1.82, 2.24) is 4.98 Å². The number of benzene rings is 1. The lowest BCUT2D eigenvalue weighted by Gasteiger charge is -2.19. The maximum absolute atomic E-state index is 8.62. The molecule has 19 heavy (non-hydrogen) atoms. The van der Waals surface area contributed by atoms with Gasteiger partial charge in [0.15, 0.2) is 5.84 Å². The van der Waals surface area contributed by atoms with Crippen molar-refractivity contribution in [2.45, 2.75) is 13.5 Å². The third kappa shape index (κ3) is 3.03. The highest BCUT2D eigenvalue weighted by atomic mass is 32.1. The van der Waals surface area contributed by atoms with Gasteiger partial charge in [0.2, 0.25) is 0 Å². The minimum absolute atomic E-state index is 0.118. The second-order valence-corrected chi connectivity index (χ2v) is 5.19. The van der Waals surface area contributed by atoms with Crippen LogP contribution in [0.3, 0.4) is 0 Å². The standard InChI is InChI=1S/C13H16N4OS/c1-9-12(19-8-15-9)7-17(2)11-5-3-10(4-6-11)13(14)16-18/h3-6,8,18H,7H2,1-2H3,(H2,14,16). The fourth-order valence-electron chi connectivity index (χ4n) is 1.73. The lowest BCUT2D eigenvalue weighted by Crippen LogP contribution is -2.17. The van der Waals surface area contributed by atoms with Crippen molar-refractivity contribution in [3.8, 4) is 0 Å². The minimum Gasteiger partial charge on any atom is -0.409 e. The highest BCUT2D eigenvalue weighted by Crippen LogP contribution is 2.20. The van der Waals surface area contributed by atoms with Gasteiger partial charge in [-0.2, -0.15) is 0 Å². The van der Waals surface area contributed by atoms with Gasteiger partial charge >= 0.3 is 0 Å². The summed E-state index contributed by atoms with van der Waals surface area (Å²) in [6.45, 7) is 2.83. The number of hydrogen-bond acceptors (Lipinski definition) is 5. The largest absolute Gasteiger partial charge is 0.409 e. The molecule has 1 heterocycles. The average molecular weight is 276 g/mol. The van der Waals surface area contributed by atoms with Gasteiger partial charge in [-0.1, -0.05) is 5.16 Å². The Balaban J connectivity index is 2.12. The number of hydrogen-bond donors (Lipinski definition) is 2. The van der Waals surface area contributed by atoms with Gasteiger partial charge in [0.05, 0.1) is 17.7 Å². The Kier molecular flexibility index (Phi) is 4.01. The molecule has 5 nitrogen and oxygen atoms in total. The van der Waals surface area contributed by atoms with Gasteiger partial charge in [0, 0.05) is 23.2 Å². The molecule has 0 aliphatic rings. The molecule has 100 valence electrons. The van der Waals surface area contributed by atoms with Crippen LogP contribution in [0.5, 0.6) is 0 Å². The Hall–Kier alpha value is -2.08. The number of thiazole rings is 1. The van der Waals surface area contributed by atoms with Crippen molar-refractivity contribution in [2.75, 3.05) is 11.9 Å². The molecule has 0 amide bonds. The van der Waals surface area contributed by atoms with E-state index in [9.17, 15) is 0 Å². The predicted molar refractivity (Wildman–Crippen MR) is 77.9 cm³/mol. The van der Waals surface area contributed by atoms with Crippen molar-refractivity contribution in [3.63, 3.8) is 0 Å². The quantitative estimate of drug-likeness (QED) is 0.388. The van der Waals surface area contributed by atoms with Crippen LogP contribution in [0.15, 0.2) is 34.9 Å². The van der Waals surface area contributed by atoms with Crippen LogP contribution >= 0.6 is 11.3 Å². The molecule has 3 N–H and O–H groups in total. The molecule has 0 radical (unpaired) electrons. The second-order valence-electron chi connectivity index (χ2n) is 4.25. The fraction of sp³-hybridized carbons (Fsp3) is 0.231. The van der Waals surface area contributed by atoms with Crippen LogP contribution in [0.4, 0.5) is 5.69 Å². The van der Waals surface area contributed by atoms with E-state index < -0.39 is 0 Å². The number of nitrogens with two attached hydrogens (primary N) is 1. The molecule has 0 saturated heterocycles. The zero-order chi connectivity index (χ0) is 13.8.